The number of nitrogens with two attached hydrogens (primary N) is 1. The Morgan fingerprint density at radius 2 is 2.00 bits per heavy atom. The predicted octanol–water partition coefficient (Wildman–Crippen LogP) is 3.09. The van der Waals surface area contributed by atoms with Gasteiger partial charge in [0.2, 0.25) is 0 Å². The Bertz CT molecular complexity index is 590. The van der Waals surface area contributed by atoms with E-state index in [4.69, 9.17) is 10.5 Å². The van der Waals surface area contributed by atoms with Crippen LogP contribution in [0.15, 0.2) is 42.5 Å². The molecule has 2 rings (SSSR count). The second-order valence-electron chi connectivity index (χ2n) is 4.33. The summed E-state index contributed by atoms with van der Waals surface area (Å²) in [6.45, 7) is 0.180. The Morgan fingerprint density at radius 3 is 2.65 bits per heavy atom. The van der Waals surface area contributed by atoms with Crippen molar-refractivity contribution in [3.8, 4) is 5.75 Å². The predicted molar refractivity (Wildman–Crippen MR) is 74.8 cm³/mol. The van der Waals surface area contributed by atoms with Crippen LogP contribution >= 0.6 is 0 Å². The van der Waals surface area contributed by atoms with E-state index in [1.165, 1.54) is 12.1 Å². The summed E-state index contributed by atoms with van der Waals surface area (Å²) in [6.07, 6.45) is 0. The van der Waals surface area contributed by atoms with Gasteiger partial charge in [-0.3, -0.25) is 0 Å². The summed E-state index contributed by atoms with van der Waals surface area (Å²) in [4.78, 5) is 0. The van der Waals surface area contributed by atoms with Gasteiger partial charge in [-0.1, -0.05) is 12.1 Å². The first-order chi connectivity index (χ1) is 9.63. The Hall–Kier alpha value is -2.14. The molecule has 0 aliphatic heterocycles. The number of rotatable bonds is 5. The van der Waals surface area contributed by atoms with Crippen molar-refractivity contribution in [2.75, 3.05) is 19.0 Å². The van der Waals surface area contributed by atoms with Gasteiger partial charge in [0, 0.05) is 29.9 Å². The van der Waals surface area contributed by atoms with Crippen molar-refractivity contribution < 1.29 is 13.5 Å². The fraction of sp³-hybridized carbons (Fsp3) is 0.200. The molecule has 0 aliphatic carbocycles. The van der Waals surface area contributed by atoms with Crippen LogP contribution in [0, 0.1) is 11.6 Å². The van der Waals surface area contributed by atoms with Crippen molar-refractivity contribution in [1.82, 2.24) is 0 Å². The number of halogens is 2. The Morgan fingerprint density at radius 1 is 1.20 bits per heavy atom. The number of hydrogen-bond acceptors (Lipinski definition) is 3. The van der Waals surface area contributed by atoms with Crippen LogP contribution in [0.2, 0.25) is 0 Å². The zero-order valence-electron chi connectivity index (χ0n) is 11.1. The molecule has 0 bridgehead atoms. The highest BCUT2D eigenvalue weighted by atomic mass is 19.1. The van der Waals surface area contributed by atoms with Crippen LogP contribution in [0.1, 0.15) is 11.6 Å². The van der Waals surface area contributed by atoms with E-state index in [-0.39, 0.29) is 6.54 Å². The van der Waals surface area contributed by atoms with Gasteiger partial charge in [-0.2, -0.15) is 0 Å². The van der Waals surface area contributed by atoms with Crippen LogP contribution in [0.5, 0.6) is 5.75 Å². The number of methoxy groups -OCH3 is 1. The Balaban J connectivity index is 2.23. The molecule has 1 unspecified atom stereocenters. The van der Waals surface area contributed by atoms with Gasteiger partial charge in [-0.25, -0.2) is 8.78 Å². The second-order valence-corrected chi connectivity index (χ2v) is 4.33. The molecule has 0 heterocycles. The topological polar surface area (TPSA) is 47.3 Å². The SMILES string of the molecule is COc1cccc(NC(CN)c2ccc(F)cc2F)c1. The van der Waals surface area contributed by atoms with Crippen LogP contribution in [0.4, 0.5) is 14.5 Å². The minimum absolute atomic E-state index is 0.180. The number of anilines is 1. The van der Waals surface area contributed by atoms with Gasteiger partial charge < -0.3 is 15.8 Å². The summed E-state index contributed by atoms with van der Waals surface area (Å²) < 4.78 is 31.8. The van der Waals surface area contributed by atoms with E-state index in [0.29, 0.717) is 11.3 Å². The molecule has 0 amide bonds. The third-order valence-corrected chi connectivity index (χ3v) is 2.98. The molecule has 2 aromatic rings. The van der Waals surface area contributed by atoms with Crippen molar-refractivity contribution in [3.05, 3.63) is 59.7 Å². The summed E-state index contributed by atoms with van der Waals surface area (Å²) in [5.41, 5.74) is 6.76. The number of ether oxygens (including phenoxy) is 1. The zero-order valence-corrected chi connectivity index (χ0v) is 11.1. The quantitative estimate of drug-likeness (QED) is 0.883. The molecule has 0 fully saturated rings. The molecule has 1 atom stereocenters. The highest BCUT2D eigenvalue weighted by molar-refractivity contribution is 5.50. The summed E-state index contributed by atoms with van der Waals surface area (Å²) in [7, 11) is 1.57. The highest BCUT2D eigenvalue weighted by Gasteiger charge is 2.15. The van der Waals surface area contributed by atoms with E-state index in [9.17, 15) is 8.78 Å². The molecule has 3 N–H and O–H groups in total. The maximum absolute atomic E-state index is 13.8. The molecule has 0 aliphatic rings. The van der Waals surface area contributed by atoms with Crippen molar-refractivity contribution in [1.29, 1.82) is 0 Å². The molecular formula is C15H16F2N2O. The van der Waals surface area contributed by atoms with Gasteiger partial charge in [0.25, 0.3) is 0 Å². The molecule has 5 heteroatoms. The fourth-order valence-electron chi connectivity index (χ4n) is 1.96. The Labute approximate surface area is 116 Å². The average Bonchev–Trinajstić information content (AvgIpc) is 2.45. The first kappa shape index (κ1) is 14.3. The zero-order chi connectivity index (χ0) is 14.5. The molecular weight excluding hydrogens is 262 g/mol. The van der Waals surface area contributed by atoms with E-state index in [1.54, 1.807) is 19.2 Å². The lowest BCUT2D eigenvalue weighted by Gasteiger charge is -2.19. The monoisotopic (exact) mass is 278 g/mol. The maximum Gasteiger partial charge on any atom is 0.131 e. The van der Waals surface area contributed by atoms with E-state index in [1.807, 2.05) is 12.1 Å². The number of nitrogens with one attached hydrogen (secondary N) is 1. The van der Waals surface area contributed by atoms with E-state index >= 15 is 0 Å². The smallest absolute Gasteiger partial charge is 0.131 e. The van der Waals surface area contributed by atoms with Gasteiger partial charge in [-0.15, -0.1) is 0 Å². The fourth-order valence-corrected chi connectivity index (χ4v) is 1.96. The minimum Gasteiger partial charge on any atom is -0.497 e. The molecule has 106 valence electrons. The lowest BCUT2D eigenvalue weighted by atomic mass is 10.1. The summed E-state index contributed by atoms with van der Waals surface area (Å²) in [5.74, 6) is -0.537. The number of benzene rings is 2. The van der Waals surface area contributed by atoms with Gasteiger partial charge in [0.1, 0.15) is 17.4 Å². The van der Waals surface area contributed by atoms with Crippen molar-refractivity contribution in [2.45, 2.75) is 6.04 Å². The highest BCUT2D eigenvalue weighted by Crippen LogP contribution is 2.24. The van der Waals surface area contributed by atoms with E-state index in [2.05, 4.69) is 5.32 Å². The maximum atomic E-state index is 13.8. The largest absolute Gasteiger partial charge is 0.497 e. The molecule has 0 saturated carbocycles. The lowest BCUT2D eigenvalue weighted by molar-refractivity contribution is 0.415. The molecule has 3 nitrogen and oxygen atoms in total. The second kappa shape index (κ2) is 6.34. The lowest BCUT2D eigenvalue weighted by Crippen LogP contribution is -2.21. The summed E-state index contributed by atoms with van der Waals surface area (Å²) in [5, 5.41) is 3.11. The standard InChI is InChI=1S/C15H16F2N2O/c1-20-12-4-2-3-11(8-12)19-15(9-18)13-6-5-10(16)7-14(13)17/h2-8,15,19H,9,18H2,1H3. The number of hydrogen-bond donors (Lipinski definition) is 2. The van der Waals surface area contributed by atoms with Crippen molar-refractivity contribution >= 4 is 5.69 Å². The first-order valence-electron chi connectivity index (χ1n) is 6.19. The van der Waals surface area contributed by atoms with Crippen LogP contribution in [0.3, 0.4) is 0 Å². The van der Waals surface area contributed by atoms with Gasteiger partial charge >= 0.3 is 0 Å². The van der Waals surface area contributed by atoms with Crippen molar-refractivity contribution in [2.24, 2.45) is 5.73 Å². The third kappa shape index (κ3) is 3.24. The van der Waals surface area contributed by atoms with E-state index < -0.39 is 17.7 Å². The Kier molecular flexibility index (Phi) is 4.53. The first-order valence-corrected chi connectivity index (χ1v) is 6.19. The van der Waals surface area contributed by atoms with Crippen LogP contribution in [-0.4, -0.2) is 13.7 Å². The molecule has 0 aromatic heterocycles. The van der Waals surface area contributed by atoms with Gasteiger partial charge in [0.05, 0.1) is 13.2 Å². The summed E-state index contributed by atoms with van der Waals surface area (Å²) in [6, 6.07) is 10.3. The van der Waals surface area contributed by atoms with Crippen LogP contribution < -0.4 is 15.8 Å². The van der Waals surface area contributed by atoms with Gasteiger partial charge in [-0.05, 0) is 18.2 Å². The van der Waals surface area contributed by atoms with Crippen molar-refractivity contribution in [3.63, 3.8) is 0 Å². The van der Waals surface area contributed by atoms with Crippen LogP contribution in [0.25, 0.3) is 0 Å². The molecule has 20 heavy (non-hydrogen) atoms. The average molecular weight is 278 g/mol. The van der Waals surface area contributed by atoms with E-state index in [0.717, 1.165) is 11.8 Å². The summed E-state index contributed by atoms with van der Waals surface area (Å²) >= 11 is 0. The minimum atomic E-state index is -0.615. The molecule has 0 spiro atoms. The van der Waals surface area contributed by atoms with Gasteiger partial charge in [0.15, 0.2) is 0 Å². The molecule has 2 aromatic carbocycles. The molecule has 0 radical (unpaired) electrons. The van der Waals surface area contributed by atoms with Crippen LogP contribution in [-0.2, 0) is 0 Å². The molecule has 0 saturated heterocycles. The normalized spacial score (nSPS) is 12.0. The third-order valence-electron chi connectivity index (χ3n) is 2.98.